The summed E-state index contributed by atoms with van der Waals surface area (Å²) in [5.41, 5.74) is 0.543. The van der Waals surface area contributed by atoms with E-state index < -0.39 is 0 Å². The van der Waals surface area contributed by atoms with E-state index in [1.807, 2.05) is 7.05 Å². The van der Waals surface area contributed by atoms with Crippen molar-refractivity contribution in [2.75, 3.05) is 7.05 Å². The Hall–Kier alpha value is -0.960. The summed E-state index contributed by atoms with van der Waals surface area (Å²) >= 11 is 0. The molecule has 0 aliphatic rings. The molecular formula is C13H21FN2. The van der Waals surface area contributed by atoms with E-state index in [0.29, 0.717) is 5.69 Å². The molecule has 0 aliphatic carbocycles. The van der Waals surface area contributed by atoms with Crippen molar-refractivity contribution in [2.24, 2.45) is 0 Å². The van der Waals surface area contributed by atoms with E-state index in [1.165, 1.54) is 25.3 Å². The summed E-state index contributed by atoms with van der Waals surface area (Å²) in [6.07, 6.45) is 7.40. The summed E-state index contributed by atoms with van der Waals surface area (Å²) in [7, 11) is 1.86. The number of rotatable bonds is 7. The fourth-order valence-corrected chi connectivity index (χ4v) is 1.85. The van der Waals surface area contributed by atoms with Gasteiger partial charge in [0, 0.05) is 6.20 Å². The molecule has 0 amide bonds. The normalized spacial score (nSPS) is 12.7. The summed E-state index contributed by atoms with van der Waals surface area (Å²) in [6, 6.07) is 3.14. The first-order chi connectivity index (χ1) is 7.79. The van der Waals surface area contributed by atoms with Crippen molar-refractivity contribution in [1.29, 1.82) is 0 Å². The summed E-state index contributed by atoms with van der Waals surface area (Å²) < 4.78 is 13.5. The Labute approximate surface area is 97.3 Å². The highest BCUT2D eigenvalue weighted by atomic mass is 19.1. The summed E-state index contributed by atoms with van der Waals surface area (Å²) in [5, 5.41) is 3.13. The lowest BCUT2D eigenvalue weighted by Crippen LogP contribution is -2.19. The molecule has 0 fully saturated rings. The van der Waals surface area contributed by atoms with Gasteiger partial charge in [-0.25, -0.2) is 4.39 Å². The number of hydrogen-bond acceptors (Lipinski definition) is 2. The van der Waals surface area contributed by atoms with Gasteiger partial charge >= 0.3 is 0 Å². The zero-order chi connectivity index (χ0) is 11.8. The number of pyridine rings is 1. The Morgan fingerprint density at radius 1 is 1.38 bits per heavy atom. The minimum Gasteiger partial charge on any atom is -0.312 e. The van der Waals surface area contributed by atoms with Gasteiger partial charge in [-0.1, -0.05) is 32.6 Å². The van der Waals surface area contributed by atoms with Gasteiger partial charge in [0.05, 0.1) is 11.7 Å². The molecule has 1 aromatic rings. The maximum Gasteiger partial charge on any atom is 0.146 e. The Balaban J connectivity index is 2.51. The van der Waals surface area contributed by atoms with Crippen LogP contribution in [0.25, 0.3) is 0 Å². The zero-order valence-corrected chi connectivity index (χ0v) is 10.2. The van der Waals surface area contributed by atoms with E-state index in [-0.39, 0.29) is 11.9 Å². The van der Waals surface area contributed by atoms with E-state index in [2.05, 4.69) is 17.2 Å². The van der Waals surface area contributed by atoms with Gasteiger partial charge in [-0.05, 0) is 25.6 Å². The molecule has 1 heterocycles. The standard InChI is InChI=1S/C13H21FN2/c1-3-4-5-6-9-12(15-2)13-11(14)8-7-10-16-13/h7-8,10,12,15H,3-6,9H2,1-2H3. The van der Waals surface area contributed by atoms with Gasteiger partial charge < -0.3 is 5.32 Å². The minimum absolute atomic E-state index is 0.0399. The van der Waals surface area contributed by atoms with E-state index in [9.17, 15) is 4.39 Å². The van der Waals surface area contributed by atoms with Gasteiger partial charge in [-0.2, -0.15) is 0 Å². The van der Waals surface area contributed by atoms with Crippen LogP contribution in [0.4, 0.5) is 4.39 Å². The molecule has 1 aromatic heterocycles. The Morgan fingerprint density at radius 3 is 2.81 bits per heavy atom. The van der Waals surface area contributed by atoms with Crippen LogP contribution in [0.1, 0.15) is 50.8 Å². The molecule has 0 spiro atoms. The molecule has 1 unspecified atom stereocenters. The molecule has 1 rings (SSSR count). The third-order valence-corrected chi connectivity index (χ3v) is 2.81. The second kappa shape index (κ2) is 7.34. The molecule has 1 N–H and O–H groups in total. The number of unbranched alkanes of at least 4 members (excludes halogenated alkanes) is 3. The van der Waals surface area contributed by atoms with Crippen LogP contribution in [-0.4, -0.2) is 12.0 Å². The average Bonchev–Trinajstić information content (AvgIpc) is 2.31. The number of hydrogen-bond donors (Lipinski definition) is 1. The Morgan fingerprint density at radius 2 is 2.19 bits per heavy atom. The van der Waals surface area contributed by atoms with Crippen molar-refractivity contribution in [1.82, 2.24) is 10.3 Å². The highest BCUT2D eigenvalue weighted by molar-refractivity contribution is 5.11. The van der Waals surface area contributed by atoms with Crippen molar-refractivity contribution >= 4 is 0 Å². The zero-order valence-electron chi connectivity index (χ0n) is 10.2. The monoisotopic (exact) mass is 224 g/mol. The topological polar surface area (TPSA) is 24.9 Å². The number of halogens is 1. The molecule has 0 saturated heterocycles. The Bertz CT molecular complexity index is 302. The van der Waals surface area contributed by atoms with E-state index in [4.69, 9.17) is 0 Å². The molecule has 3 heteroatoms. The summed E-state index contributed by atoms with van der Waals surface area (Å²) in [5.74, 6) is -0.211. The van der Waals surface area contributed by atoms with Crippen LogP contribution in [0.5, 0.6) is 0 Å². The van der Waals surface area contributed by atoms with Crippen LogP contribution >= 0.6 is 0 Å². The molecule has 0 saturated carbocycles. The average molecular weight is 224 g/mol. The molecule has 0 aromatic carbocycles. The smallest absolute Gasteiger partial charge is 0.146 e. The molecule has 90 valence electrons. The molecule has 2 nitrogen and oxygen atoms in total. The predicted octanol–water partition coefficient (Wildman–Crippen LogP) is 3.45. The third kappa shape index (κ3) is 3.89. The molecular weight excluding hydrogens is 203 g/mol. The molecule has 16 heavy (non-hydrogen) atoms. The van der Waals surface area contributed by atoms with Crippen molar-refractivity contribution in [3.8, 4) is 0 Å². The highest BCUT2D eigenvalue weighted by Crippen LogP contribution is 2.20. The SMILES string of the molecule is CCCCCCC(NC)c1ncccc1F. The minimum atomic E-state index is -0.211. The first-order valence-corrected chi connectivity index (χ1v) is 6.07. The molecule has 0 bridgehead atoms. The number of aromatic nitrogens is 1. The van der Waals surface area contributed by atoms with Crippen LogP contribution in [0, 0.1) is 5.82 Å². The predicted molar refractivity (Wildman–Crippen MR) is 64.8 cm³/mol. The van der Waals surface area contributed by atoms with E-state index in [0.717, 1.165) is 12.8 Å². The van der Waals surface area contributed by atoms with E-state index in [1.54, 1.807) is 12.3 Å². The second-order valence-corrected chi connectivity index (χ2v) is 4.06. The lowest BCUT2D eigenvalue weighted by atomic mass is 10.0. The van der Waals surface area contributed by atoms with Crippen molar-refractivity contribution in [2.45, 2.75) is 45.1 Å². The van der Waals surface area contributed by atoms with Crippen LogP contribution < -0.4 is 5.32 Å². The van der Waals surface area contributed by atoms with Crippen molar-refractivity contribution in [3.05, 3.63) is 29.8 Å². The van der Waals surface area contributed by atoms with E-state index >= 15 is 0 Å². The number of nitrogens with one attached hydrogen (secondary N) is 1. The molecule has 0 radical (unpaired) electrons. The van der Waals surface area contributed by atoms with Gasteiger partial charge in [0.15, 0.2) is 0 Å². The van der Waals surface area contributed by atoms with Gasteiger partial charge in [-0.15, -0.1) is 0 Å². The van der Waals surface area contributed by atoms with Crippen LogP contribution in [-0.2, 0) is 0 Å². The maximum atomic E-state index is 13.5. The summed E-state index contributed by atoms with van der Waals surface area (Å²) in [4.78, 5) is 4.11. The van der Waals surface area contributed by atoms with Gasteiger partial charge in [0.25, 0.3) is 0 Å². The van der Waals surface area contributed by atoms with Crippen molar-refractivity contribution < 1.29 is 4.39 Å². The molecule has 0 aliphatic heterocycles. The first kappa shape index (κ1) is 13.1. The lowest BCUT2D eigenvalue weighted by Gasteiger charge is -2.15. The quantitative estimate of drug-likeness (QED) is 0.717. The third-order valence-electron chi connectivity index (χ3n) is 2.81. The van der Waals surface area contributed by atoms with Crippen molar-refractivity contribution in [3.63, 3.8) is 0 Å². The van der Waals surface area contributed by atoms with Gasteiger partial charge in [0.1, 0.15) is 5.82 Å². The summed E-state index contributed by atoms with van der Waals surface area (Å²) in [6.45, 7) is 2.19. The first-order valence-electron chi connectivity index (χ1n) is 6.07. The second-order valence-electron chi connectivity index (χ2n) is 4.06. The van der Waals surface area contributed by atoms with Crippen LogP contribution in [0.2, 0.25) is 0 Å². The van der Waals surface area contributed by atoms with Crippen LogP contribution in [0.15, 0.2) is 18.3 Å². The lowest BCUT2D eigenvalue weighted by molar-refractivity contribution is 0.468. The fourth-order valence-electron chi connectivity index (χ4n) is 1.85. The fraction of sp³-hybridized carbons (Fsp3) is 0.615. The van der Waals surface area contributed by atoms with Gasteiger partial charge in [0.2, 0.25) is 0 Å². The highest BCUT2D eigenvalue weighted by Gasteiger charge is 2.14. The number of nitrogens with zero attached hydrogens (tertiary/aromatic N) is 1. The largest absolute Gasteiger partial charge is 0.312 e. The Kier molecular flexibility index (Phi) is 6.01. The van der Waals surface area contributed by atoms with Crippen LogP contribution in [0.3, 0.4) is 0 Å². The maximum absolute atomic E-state index is 13.5. The van der Waals surface area contributed by atoms with Gasteiger partial charge in [-0.3, -0.25) is 4.98 Å². The molecule has 1 atom stereocenters.